The molecule has 0 spiro atoms. The molecule has 0 bridgehead atoms. The van der Waals surface area contributed by atoms with E-state index in [0.717, 1.165) is 0 Å². The molecule has 1 nitrogen and oxygen atoms in total. The molecule has 0 fully saturated rings. The minimum atomic E-state index is 0. The largest absolute Gasteiger partial charge is 0.813 e. The van der Waals surface area contributed by atoms with Crippen LogP contribution in [-0.4, -0.2) is 0 Å². The maximum absolute atomic E-state index is 5.22. The first-order valence-electron chi connectivity index (χ1n) is 0.189. The van der Waals surface area contributed by atoms with Crippen LogP contribution < -0.4 is 0 Å². The standard InChI is InChI=1S/ClHN.H2S.Y/c1-2;;/h2H;1H2;/q-1;;/p-1. The van der Waals surface area contributed by atoms with E-state index < -0.39 is 0 Å². The summed E-state index contributed by atoms with van der Waals surface area (Å²) in [5.41, 5.74) is 0. The van der Waals surface area contributed by atoms with E-state index in [2.05, 4.69) is 11.8 Å². The molecule has 0 saturated carbocycles. The van der Waals surface area contributed by atoms with Crippen LogP contribution in [0, 0.1) is 0 Å². The Morgan fingerprint density at radius 3 is 1.25 bits per heavy atom. The zero-order chi connectivity index (χ0) is 2.00. The summed E-state index contributed by atoms with van der Waals surface area (Å²) in [7, 11) is 0. The summed E-state index contributed by atoms with van der Waals surface area (Å²) in [6, 6.07) is 0. The van der Waals surface area contributed by atoms with Gasteiger partial charge in [0, 0.05) is 32.7 Å². The van der Waals surface area contributed by atoms with Gasteiger partial charge in [0.15, 0.2) is 0 Å². The molecular weight excluding hydrogens is 170 g/mol. The Bertz CT molecular complexity index is 8.00. The maximum Gasteiger partial charge on any atom is 0 e. The van der Waals surface area contributed by atoms with Crippen LogP contribution in [0.2, 0.25) is 0 Å². The minimum absolute atomic E-state index is 0. The van der Waals surface area contributed by atoms with Gasteiger partial charge in [-0.05, 0) is 0 Å². The number of thiol groups is 1. The van der Waals surface area contributed by atoms with Gasteiger partial charge in [-0.1, -0.05) is 0 Å². The molecule has 0 saturated heterocycles. The van der Waals surface area contributed by atoms with Crippen LogP contribution in [0.1, 0.15) is 0 Å². The van der Waals surface area contributed by atoms with Crippen molar-refractivity contribution in [1.29, 1.82) is 0 Å². The third-order valence-electron chi connectivity index (χ3n) is 0. The molecule has 0 aromatic rings. The third-order valence-corrected chi connectivity index (χ3v) is 0. The molecule has 0 aliphatic rings. The summed E-state index contributed by atoms with van der Waals surface area (Å²) in [6.07, 6.45) is 0. The first-order valence-corrected chi connectivity index (χ1v) is 0.567. The zero-order valence-electron chi connectivity index (χ0n) is 1.90. The van der Waals surface area contributed by atoms with Crippen LogP contribution >= 0.6 is 11.8 Å². The van der Waals surface area contributed by atoms with Crippen molar-refractivity contribution >= 4 is 25.3 Å². The van der Waals surface area contributed by atoms with Crippen LogP contribution in [-0.2, 0) is 46.2 Å². The van der Waals surface area contributed by atoms with Gasteiger partial charge in [-0.2, -0.15) is 0 Å². The van der Waals surface area contributed by atoms with E-state index in [9.17, 15) is 0 Å². The van der Waals surface area contributed by atoms with Crippen LogP contribution in [0.3, 0.4) is 0 Å². The summed E-state index contributed by atoms with van der Waals surface area (Å²) in [5.74, 6) is 0. The van der Waals surface area contributed by atoms with E-state index in [1.807, 2.05) is 0 Å². The molecule has 0 rings (SSSR count). The Kier molecular flexibility index (Phi) is 95.9. The second kappa shape index (κ2) is 22.2. The summed E-state index contributed by atoms with van der Waals surface area (Å²) in [5, 5.41) is 5.22. The Morgan fingerprint density at radius 2 is 1.25 bits per heavy atom. The average molecular weight is 172 g/mol. The summed E-state index contributed by atoms with van der Waals surface area (Å²) in [6.45, 7) is 0. The molecule has 0 amide bonds. The van der Waals surface area contributed by atoms with Crippen molar-refractivity contribution < 1.29 is 32.7 Å². The molecule has 0 unspecified atom stereocenters. The SMILES string of the molecule is [NH-]Cl.[SH-].[Y]. The molecule has 1 N–H and O–H groups in total. The van der Waals surface area contributed by atoms with Crippen LogP contribution in [0.15, 0.2) is 0 Å². The van der Waals surface area contributed by atoms with Gasteiger partial charge in [0.05, 0.1) is 0 Å². The topological polar surface area (TPSA) is 23.8 Å². The van der Waals surface area contributed by atoms with E-state index in [1.54, 1.807) is 0 Å². The fourth-order valence-electron chi connectivity index (χ4n) is 0. The molecule has 0 aromatic carbocycles. The Hall–Kier alpha value is 1.70. The van der Waals surface area contributed by atoms with E-state index in [1.165, 1.54) is 0 Å². The van der Waals surface area contributed by atoms with E-state index >= 15 is 0 Å². The Labute approximate surface area is 62.7 Å². The molecule has 0 aliphatic heterocycles. The molecule has 0 heterocycles. The predicted octanol–water partition coefficient (Wildman–Crippen LogP) is 0.920. The van der Waals surface area contributed by atoms with Gasteiger partial charge >= 0.3 is 0 Å². The first-order chi connectivity index (χ1) is 1.00. The van der Waals surface area contributed by atoms with Gasteiger partial charge in [0.1, 0.15) is 0 Å². The van der Waals surface area contributed by atoms with Gasteiger partial charge in [-0.3, -0.25) is 11.8 Å². The summed E-state index contributed by atoms with van der Waals surface area (Å²) in [4.78, 5) is 0. The normalized spacial score (nSPS) is 1.50. The fourth-order valence-corrected chi connectivity index (χ4v) is 0. The molecule has 0 atom stereocenters. The summed E-state index contributed by atoms with van der Waals surface area (Å²) >= 11 is 3.89. The van der Waals surface area contributed by atoms with Crippen molar-refractivity contribution in [1.82, 2.24) is 0 Å². The van der Waals surface area contributed by atoms with Crippen molar-refractivity contribution in [2.45, 2.75) is 0 Å². The number of hydrogen-bond acceptors (Lipinski definition) is 1. The quantitative estimate of drug-likeness (QED) is 0.394. The number of halogens is 1. The van der Waals surface area contributed by atoms with Crippen molar-refractivity contribution in [3.63, 3.8) is 0 Å². The molecule has 4 heteroatoms. The van der Waals surface area contributed by atoms with E-state index in [0.29, 0.717) is 0 Å². The molecule has 25 valence electrons. The smallest absolute Gasteiger partial charge is 0 e. The van der Waals surface area contributed by atoms with Crippen LogP contribution in [0.5, 0.6) is 0 Å². The Balaban J connectivity index is -0.00000000500. The van der Waals surface area contributed by atoms with Gasteiger partial charge in [-0.25, -0.2) is 0 Å². The first kappa shape index (κ1) is 17.3. The maximum atomic E-state index is 5.22. The fraction of sp³-hybridized carbons (Fsp3) is 0. The number of rotatable bonds is 0. The van der Waals surface area contributed by atoms with Gasteiger partial charge < -0.3 is 18.7 Å². The minimum Gasteiger partial charge on any atom is -0.813 e. The Morgan fingerprint density at radius 1 is 1.25 bits per heavy atom. The zero-order valence-corrected chi connectivity index (χ0v) is 6.39. The molecule has 0 aliphatic carbocycles. The number of hydrogen-bond donors (Lipinski definition) is 0. The second-order valence-electron chi connectivity index (χ2n) is 0. The average Bonchev–Trinajstić information content (AvgIpc) is 1.00. The van der Waals surface area contributed by atoms with Crippen molar-refractivity contribution in [3.8, 4) is 0 Å². The van der Waals surface area contributed by atoms with Crippen LogP contribution in [0.4, 0.5) is 0 Å². The van der Waals surface area contributed by atoms with Gasteiger partial charge in [-0.15, -0.1) is 0 Å². The van der Waals surface area contributed by atoms with E-state index in [-0.39, 0.29) is 46.2 Å². The van der Waals surface area contributed by atoms with Gasteiger partial charge in [0.2, 0.25) is 0 Å². The monoisotopic (exact) mass is 172 g/mol. The molecular formula is H2ClNSY-2. The van der Waals surface area contributed by atoms with Crippen LogP contribution in [0.25, 0.3) is 5.25 Å². The number of nitrogens with one attached hydrogen (secondary N) is 1. The third kappa shape index (κ3) is 9.33. The van der Waals surface area contributed by atoms with Crippen molar-refractivity contribution in [2.24, 2.45) is 0 Å². The van der Waals surface area contributed by atoms with Crippen molar-refractivity contribution in [3.05, 3.63) is 5.25 Å². The molecule has 4 heavy (non-hydrogen) atoms. The van der Waals surface area contributed by atoms with E-state index in [4.69, 9.17) is 5.25 Å². The second-order valence-corrected chi connectivity index (χ2v) is 0. The molecule has 0 aromatic heterocycles. The summed E-state index contributed by atoms with van der Waals surface area (Å²) < 4.78 is 0. The molecule has 1 radical (unpaired) electrons. The predicted molar refractivity (Wildman–Crippen MR) is 18.9 cm³/mol. The van der Waals surface area contributed by atoms with Gasteiger partial charge in [0.25, 0.3) is 0 Å². The van der Waals surface area contributed by atoms with Crippen molar-refractivity contribution in [2.75, 3.05) is 0 Å².